The Morgan fingerprint density at radius 1 is 0.946 bits per heavy atom. The van der Waals surface area contributed by atoms with Gasteiger partial charge < -0.3 is 9.84 Å². The fraction of sp³-hybridized carbons (Fsp3) is 0.242. The van der Waals surface area contributed by atoms with Gasteiger partial charge in [-0.05, 0) is 83.3 Å². The Kier molecular flexibility index (Phi) is 5.45. The highest BCUT2D eigenvalue weighted by molar-refractivity contribution is 6.10. The van der Waals surface area contributed by atoms with Crippen molar-refractivity contribution in [1.82, 2.24) is 9.88 Å². The normalized spacial score (nSPS) is 23.9. The Morgan fingerprint density at radius 2 is 1.76 bits per heavy atom. The van der Waals surface area contributed by atoms with Crippen LogP contribution in [-0.2, 0) is 0 Å². The summed E-state index contributed by atoms with van der Waals surface area (Å²) in [5.74, 6) is 2.70. The maximum Gasteiger partial charge on any atom is 0.135 e. The number of fused-ring (bicyclic) bond motifs is 7. The van der Waals surface area contributed by atoms with E-state index in [0.717, 1.165) is 58.2 Å². The van der Waals surface area contributed by atoms with Gasteiger partial charge in [0.05, 0.1) is 11.6 Å². The average Bonchev–Trinajstić information content (AvgIpc) is 2.96. The first-order valence-electron chi connectivity index (χ1n) is 13.2. The number of aliphatic hydroxyl groups excluding tert-OH is 1. The third-order valence-electron chi connectivity index (χ3n) is 8.54. The molecule has 0 spiro atoms. The Hall–Kier alpha value is -3.73. The fourth-order valence-electron chi connectivity index (χ4n) is 6.61. The number of pyridine rings is 1. The van der Waals surface area contributed by atoms with E-state index in [4.69, 9.17) is 4.74 Å². The maximum atomic E-state index is 11.6. The number of benzene rings is 4. The molecular weight excluding hydrogens is 456 g/mol. The quantitative estimate of drug-likeness (QED) is 0.210. The van der Waals surface area contributed by atoms with Crippen LogP contribution in [0, 0.1) is 11.8 Å². The second-order valence-corrected chi connectivity index (χ2v) is 10.5. The van der Waals surface area contributed by atoms with Crippen LogP contribution in [0.5, 0.6) is 11.5 Å². The monoisotopic (exact) mass is 486 g/mol. The van der Waals surface area contributed by atoms with Gasteiger partial charge in [-0.2, -0.15) is 0 Å². The summed E-state index contributed by atoms with van der Waals surface area (Å²) in [6.07, 6.45) is 5.52. The van der Waals surface area contributed by atoms with Crippen LogP contribution in [-0.4, -0.2) is 34.1 Å². The van der Waals surface area contributed by atoms with E-state index in [1.807, 2.05) is 30.3 Å². The molecule has 0 aliphatic carbocycles. The van der Waals surface area contributed by atoms with Crippen LogP contribution in [0.1, 0.15) is 24.5 Å². The van der Waals surface area contributed by atoms with Crippen molar-refractivity contribution in [1.29, 1.82) is 0 Å². The van der Waals surface area contributed by atoms with E-state index in [2.05, 4.69) is 71.1 Å². The van der Waals surface area contributed by atoms with Crippen LogP contribution in [0.4, 0.5) is 0 Å². The molecule has 1 aromatic heterocycles. The van der Waals surface area contributed by atoms with Gasteiger partial charge >= 0.3 is 0 Å². The van der Waals surface area contributed by atoms with Gasteiger partial charge in [0, 0.05) is 29.6 Å². The van der Waals surface area contributed by atoms with Gasteiger partial charge in [-0.25, -0.2) is 0 Å². The standard InChI is InChI=1S/C33H30N2O2/c1-2-21-20-35-16-14-22(21)17-31(35)33(36)28-13-15-34-30-12-11-24(19-29(28)30)37-32-18-23-7-3-4-8-25(23)26-9-5-6-10-27(26)32/h2-13,15,18-19,21-22,31,33,36H,1,14,16-17,20H2/t21-,22-,31+,33-/m0/s1. The number of ether oxygens (including phenoxy) is 1. The maximum absolute atomic E-state index is 11.6. The van der Waals surface area contributed by atoms with Gasteiger partial charge in [0.1, 0.15) is 11.5 Å². The highest BCUT2D eigenvalue weighted by atomic mass is 16.5. The zero-order valence-electron chi connectivity index (χ0n) is 20.8. The van der Waals surface area contributed by atoms with Gasteiger partial charge in [-0.1, -0.05) is 54.6 Å². The first-order chi connectivity index (χ1) is 18.2. The summed E-state index contributed by atoms with van der Waals surface area (Å²) in [7, 11) is 0. The summed E-state index contributed by atoms with van der Waals surface area (Å²) in [6.45, 7) is 6.07. The Morgan fingerprint density at radius 3 is 2.57 bits per heavy atom. The second kappa shape index (κ2) is 8.98. The molecule has 8 rings (SSSR count). The lowest BCUT2D eigenvalue weighted by Gasteiger charge is -2.50. The van der Waals surface area contributed by atoms with Crippen LogP contribution in [0.25, 0.3) is 32.4 Å². The first-order valence-corrected chi connectivity index (χ1v) is 13.2. The number of hydrogen-bond acceptors (Lipinski definition) is 4. The van der Waals surface area contributed by atoms with Crippen molar-refractivity contribution in [2.24, 2.45) is 11.8 Å². The van der Waals surface area contributed by atoms with Crippen LogP contribution in [0.15, 0.2) is 97.7 Å². The smallest absolute Gasteiger partial charge is 0.135 e. The topological polar surface area (TPSA) is 45.6 Å². The summed E-state index contributed by atoms with van der Waals surface area (Å²) in [6, 6.07) is 27.0. The predicted molar refractivity (Wildman–Crippen MR) is 150 cm³/mol. The molecule has 0 amide bonds. The molecule has 5 aromatic rings. The lowest BCUT2D eigenvalue weighted by Crippen LogP contribution is -2.54. The number of aromatic nitrogens is 1. The molecule has 0 radical (unpaired) electrons. The Balaban J connectivity index is 1.27. The SMILES string of the molecule is C=C[C@H]1CN2CC[C@H]1C[C@@H]2[C@@H](O)c1ccnc2ccc(Oc3cc4ccccc4c4ccccc34)cc12. The number of hydrogen-bond donors (Lipinski definition) is 1. The minimum atomic E-state index is -0.573. The van der Waals surface area contributed by atoms with Gasteiger partial charge in [0.25, 0.3) is 0 Å². The van der Waals surface area contributed by atoms with Crippen molar-refractivity contribution in [3.05, 3.63) is 103 Å². The van der Waals surface area contributed by atoms with E-state index in [0.29, 0.717) is 11.8 Å². The number of rotatable bonds is 5. The number of piperidine rings is 3. The summed E-state index contributed by atoms with van der Waals surface area (Å²) >= 11 is 0. The molecule has 1 N–H and O–H groups in total. The Labute approximate surface area is 216 Å². The second-order valence-electron chi connectivity index (χ2n) is 10.5. The molecule has 3 saturated heterocycles. The van der Waals surface area contributed by atoms with E-state index < -0.39 is 6.10 Å². The van der Waals surface area contributed by atoms with Crippen LogP contribution >= 0.6 is 0 Å². The largest absolute Gasteiger partial charge is 0.457 e. The van der Waals surface area contributed by atoms with Gasteiger partial charge in [0.2, 0.25) is 0 Å². The first kappa shape index (κ1) is 22.5. The molecule has 3 aliphatic heterocycles. The highest BCUT2D eigenvalue weighted by Gasteiger charge is 2.42. The van der Waals surface area contributed by atoms with E-state index in [1.54, 1.807) is 6.20 Å². The third kappa shape index (κ3) is 3.79. The van der Waals surface area contributed by atoms with Crippen LogP contribution in [0.2, 0.25) is 0 Å². The molecule has 4 heterocycles. The lowest BCUT2D eigenvalue weighted by atomic mass is 9.73. The highest BCUT2D eigenvalue weighted by Crippen LogP contribution is 2.43. The van der Waals surface area contributed by atoms with Gasteiger partial charge in [-0.3, -0.25) is 9.88 Å². The molecular formula is C33H30N2O2. The zero-order chi connectivity index (χ0) is 24.9. The van der Waals surface area contributed by atoms with Crippen molar-refractivity contribution in [3.8, 4) is 11.5 Å². The van der Waals surface area contributed by atoms with Gasteiger partial charge in [-0.15, -0.1) is 6.58 Å². The van der Waals surface area contributed by atoms with E-state index in [-0.39, 0.29) is 6.04 Å². The van der Waals surface area contributed by atoms with Crippen molar-refractivity contribution in [2.75, 3.05) is 13.1 Å². The minimum absolute atomic E-state index is 0.120. The van der Waals surface area contributed by atoms with Crippen molar-refractivity contribution < 1.29 is 9.84 Å². The van der Waals surface area contributed by atoms with Gasteiger partial charge in [0.15, 0.2) is 0 Å². The predicted octanol–water partition coefficient (Wildman–Crippen LogP) is 7.26. The molecule has 3 fully saturated rings. The molecule has 0 saturated carbocycles. The average molecular weight is 487 g/mol. The van der Waals surface area contributed by atoms with Crippen LogP contribution < -0.4 is 4.74 Å². The molecule has 1 unspecified atom stereocenters. The molecule has 3 aliphatic rings. The lowest BCUT2D eigenvalue weighted by molar-refractivity contribution is -0.0444. The number of aliphatic hydroxyl groups is 1. The molecule has 37 heavy (non-hydrogen) atoms. The van der Waals surface area contributed by atoms with Crippen molar-refractivity contribution in [2.45, 2.75) is 25.0 Å². The van der Waals surface area contributed by atoms with E-state index >= 15 is 0 Å². The summed E-state index contributed by atoms with van der Waals surface area (Å²) in [4.78, 5) is 7.04. The summed E-state index contributed by atoms with van der Waals surface area (Å²) in [5.41, 5.74) is 1.79. The fourth-order valence-corrected chi connectivity index (χ4v) is 6.61. The molecule has 184 valence electrons. The van der Waals surface area contributed by atoms with E-state index in [1.165, 1.54) is 17.2 Å². The molecule has 5 atom stereocenters. The van der Waals surface area contributed by atoms with E-state index in [9.17, 15) is 5.11 Å². The molecule has 4 heteroatoms. The van der Waals surface area contributed by atoms with Crippen molar-refractivity contribution in [3.63, 3.8) is 0 Å². The summed E-state index contributed by atoms with van der Waals surface area (Å²) < 4.78 is 6.54. The van der Waals surface area contributed by atoms with Crippen LogP contribution in [0.3, 0.4) is 0 Å². The van der Waals surface area contributed by atoms with Crippen molar-refractivity contribution >= 4 is 32.4 Å². The molecule has 2 bridgehead atoms. The molecule has 4 aromatic carbocycles. The minimum Gasteiger partial charge on any atom is -0.457 e. The summed E-state index contributed by atoms with van der Waals surface area (Å²) in [5, 5.41) is 17.2. The zero-order valence-corrected chi connectivity index (χ0v) is 20.8. The third-order valence-corrected chi connectivity index (χ3v) is 8.54. The Bertz CT molecular complexity index is 1640. The molecule has 4 nitrogen and oxygen atoms in total. The number of nitrogens with zero attached hydrogens (tertiary/aromatic N) is 2.